The molecule has 8 heteroatoms. The van der Waals surface area contributed by atoms with E-state index in [-0.39, 0.29) is 17.5 Å². The fourth-order valence-corrected chi connectivity index (χ4v) is 3.24. The van der Waals surface area contributed by atoms with Crippen LogP contribution in [0.3, 0.4) is 0 Å². The van der Waals surface area contributed by atoms with Gasteiger partial charge in [-0.3, -0.25) is 19.8 Å². The first-order valence-corrected chi connectivity index (χ1v) is 9.02. The van der Waals surface area contributed by atoms with E-state index in [0.29, 0.717) is 35.1 Å². The Labute approximate surface area is 166 Å². The number of carbonyl (C=O) groups is 2. The summed E-state index contributed by atoms with van der Waals surface area (Å²) in [7, 11) is 0. The first-order chi connectivity index (χ1) is 13.6. The van der Waals surface area contributed by atoms with E-state index in [1.165, 1.54) is 11.0 Å². The molecule has 0 aromatic heterocycles. The lowest BCUT2D eigenvalue weighted by atomic mass is 10.1. The highest BCUT2D eigenvalue weighted by atomic mass is 32.1. The molecule has 0 radical (unpaired) electrons. The Hall–Kier alpha value is -3.39. The van der Waals surface area contributed by atoms with Crippen LogP contribution in [0.1, 0.15) is 12.5 Å². The van der Waals surface area contributed by atoms with Crippen molar-refractivity contribution in [3.8, 4) is 17.2 Å². The Morgan fingerprint density at radius 2 is 1.89 bits per heavy atom. The maximum absolute atomic E-state index is 13.1. The standard InChI is InChI=1S/C20H16N2O5S/c1-2-25-15-10-17-16(26-11-27-17)9-12(15)8-14-18(23)21-20(28)22(19(14)24)13-6-4-3-5-7-13/h3-10H,2,11H2,1H3,(H,21,23,28)/b14-8-. The van der Waals surface area contributed by atoms with Gasteiger partial charge in [0.15, 0.2) is 16.6 Å². The molecule has 2 heterocycles. The minimum absolute atomic E-state index is 0.0362. The van der Waals surface area contributed by atoms with Gasteiger partial charge in [-0.25, -0.2) is 0 Å². The largest absolute Gasteiger partial charge is 0.493 e. The summed E-state index contributed by atoms with van der Waals surface area (Å²) in [6.45, 7) is 2.36. The van der Waals surface area contributed by atoms with Gasteiger partial charge in [0.25, 0.3) is 11.8 Å². The zero-order valence-electron chi connectivity index (χ0n) is 14.9. The smallest absolute Gasteiger partial charge is 0.270 e. The normalized spacial score (nSPS) is 17.1. The number of fused-ring (bicyclic) bond motifs is 1. The summed E-state index contributed by atoms with van der Waals surface area (Å²) in [4.78, 5) is 26.8. The molecule has 2 aromatic carbocycles. The van der Waals surface area contributed by atoms with Crippen LogP contribution in [-0.4, -0.2) is 30.3 Å². The SMILES string of the molecule is CCOc1cc2c(cc1/C=C1/C(=O)NC(=S)N(c3ccccc3)C1=O)OCO2. The molecule has 142 valence electrons. The van der Waals surface area contributed by atoms with E-state index in [1.807, 2.05) is 13.0 Å². The van der Waals surface area contributed by atoms with Gasteiger partial charge in [-0.1, -0.05) is 18.2 Å². The molecule has 0 unspecified atom stereocenters. The van der Waals surface area contributed by atoms with E-state index >= 15 is 0 Å². The number of para-hydroxylation sites is 1. The van der Waals surface area contributed by atoms with Crippen LogP contribution in [0, 0.1) is 0 Å². The molecule has 7 nitrogen and oxygen atoms in total. The highest BCUT2D eigenvalue weighted by Gasteiger charge is 2.34. The predicted molar refractivity (Wildman–Crippen MR) is 106 cm³/mol. The van der Waals surface area contributed by atoms with E-state index in [9.17, 15) is 9.59 Å². The average Bonchev–Trinajstić information content (AvgIpc) is 3.13. The van der Waals surface area contributed by atoms with Gasteiger partial charge in [-0.05, 0) is 43.4 Å². The molecule has 1 N–H and O–H groups in total. The van der Waals surface area contributed by atoms with E-state index in [0.717, 1.165) is 0 Å². The highest BCUT2D eigenvalue weighted by molar-refractivity contribution is 7.80. The summed E-state index contributed by atoms with van der Waals surface area (Å²) in [5.74, 6) is 0.480. The number of nitrogens with zero attached hydrogens (tertiary/aromatic N) is 1. The van der Waals surface area contributed by atoms with E-state index in [4.69, 9.17) is 26.4 Å². The molecule has 2 aliphatic heterocycles. The second-order valence-corrected chi connectivity index (χ2v) is 6.36. The summed E-state index contributed by atoms with van der Waals surface area (Å²) in [6.07, 6.45) is 1.47. The quantitative estimate of drug-likeness (QED) is 0.486. The second kappa shape index (κ2) is 7.32. The maximum atomic E-state index is 13.1. The number of hydrogen-bond donors (Lipinski definition) is 1. The summed E-state index contributed by atoms with van der Waals surface area (Å²) in [5.41, 5.74) is 1.04. The van der Waals surface area contributed by atoms with Crippen molar-refractivity contribution in [1.82, 2.24) is 5.32 Å². The molecular weight excluding hydrogens is 380 g/mol. The lowest BCUT2D eigenvalue weighted by molar-refractivity contribution is -0.122. The third kappa shape index (κ3) is 3.18. The van der Waals surface area contributed by atoms with Gasteiger partial charge in [0.1, 0.15) is 11.3 Å². The van der Waals surface area contributed by atoms with Crippen molar-refractivity contribution in [2.45, 2.75) is 6.92 Å². The first-order valence-electron chi connectivity index (χ1n) is 8.61. The highest BCUT2D eigenvalue weighted by Crippen LogP contribution is 2.39. The molecule has 1 fully saturated rings. The maximum Gasteiger partial charge on any atom is 0.270 e. The number of anilines is 1. The molecule has 1 saturated heterocycles. The van der Waals surface area contributed by atoms with Gasteiger partial charge in [0, 0.05) is 11.6 Å². The zero-order chi connectivity index (χ0) is 19.7. The lowest BCUT2D eigenvalue weighted by Gasteiger charge is -2.29. The number of ether oxygens (including phenoxy) is 3. The fourth-order valence-electron chi connectivity index (χ4n) is 2.96. The number of thiocarbonyl (C=S) groups is 1. The monoisotopic (exact) mass is 396 g/mol. The molecule has 0 atom stereocenters. The average molecular weight is 396 g/mol. The molecule has 2 amide bonds. The minimum atomic E-state index is -0.567. The van der Waals surface area contributed by atoms with Crippen molar-refractivity contribution < 1.29 is 23.8 Å². The van der Waals surface area contributed by atoms with E-state index in [2.05, 4.69) is 5.32 Å². The number of nitrogens with one attached hydrogen (secondary N) is 1. The number of benzene rings is 2. The molecular formula is C20H16N2O5S. The topological polar surface area (TPSA) is 77.1 Å². The lowest BCUT2D eigenvalue weighted by Crippen LogP contribution is -2.54. The molecule has 2 aromatic rings. The first kappa shape index (κ1) is 18.0. The summed E-state index contributed by atoms with van der Waals surface area (Å²) >= 11 is 5.20. The Balaban J connectivity index is 1.77. The van der Waals surface area contributed by atoms with Gasteiger partial charge in [0.2, 0.25) is 6.79 Å². The summed E-state index contributed by atoms with van der Waals surface area (Å²) in [6, 6.07) is 12.3. The Bertz CT molecular complexity index is 1000. The van der Waals surface area contributed by atoms with Crippen LogP contribution in [0.25, 0.3) is 6.08 Å². The molecule has 28 heavy (non-hydrogen) atoms. The summed E-state index contributed by atoms with van der Waals surface area (Å²) in [5, 5.41) is 2.60. The molecule has 0 spiro atoms. The third-order valence-electron chi connectivity index (χ3n) is 4.22. The van der Waals surface area contributed by atoms with Gasteiger partial charge in [0.05, 0.1) is 12.3 Å². The van der Waals surface area contributed by atoms with Gasteiger partial charge in [-0.15, -0.1) is 0 Å². The van der Waals surface area contributed by atoms with E-state index in [1.54, 1.807) is 36.4 Å². The number of rotatable bonds is 4. The van der Waals surface area contributed by atoms with Gasteiger partial charge in [-0.2, -0.15) is 0 Å². The Kier molecular flexibility index (Phi) is 4.70. The molecule has 0 saturated carbocycles. The van der Waals surface area contributed by atoms with E-state index < -0.39 is 11.8 Å². The van der Waals surface area contributed by atoms with Crippen LogP contribution in [0.4, 0.5) is 5.69 Å². The van der Waals surface area contributed by atoms with Crippen LogP contribution >= 0.6 is 12.2 Å². The second-order valence-electron chi connectivity index (χ2n) is 5.97. The van der Waals surface area contributed by atoms with Crippen molar-refractivity contribution in [2.24, 2.45) is 0 Å². The van der Waals surface area contributed by atoms with Crippen molar-refractivity contribution in [3.05, 3.63) is 53.6 Å². The zero-order valence-corrected chi connectivity index (χ0v) is 15.7. The Morgan fingerprint density at radius 1 is 1.18 bits per heavy atom. The number of carbonyl (C=O) groups excluding carboxylic acids is 2. The molecule has 4 rings (SSSR count). The Morgan fingerprint density at radius 3 is 2.61 bits per heavy atom. The van der Waals surface area contributed by atoms with Crippen LogP contribution in [0.2, 0.25) is 0 Å². The molecule has 0 bridgehead atoms. The van der Waals surface area contributed by atoms with Crippen molar-refractivity contribution in [3.63, 3.8) is 0 Å². The minimum Gasteiger partial charge on any atom is -0.493 e. The number of amides is 2. The van der Waals surface area contributed by atoms with Crippen LogP contribution in [-0.2, 0) is 9.59 Å². The molecule has 0 aliphatic carbocycles. The van der Waals surface area contributed by atoms with Crippen LogP contribution in [0.15, 0.2) is 48.0 Å². The molecule has 2 aliphatic rings. The van der Waals surface area contributed by atoms with Gasteiger partial charge >= 0.3 is 0 Å². The van der Waals surface area contributed by atoms with Crippen molar-refractivity contribution >= 4 is 40.9 Å². The van der Waals surface area contributed by atoms with Crippen molar-refractivity contribution in [1.29, 1.82) is 0 Å². The third-order valence-corrected chi connectivity index (χ3v) is 4.51. The fraction of sp³-hybridized carbons (Fsp3) is 0.150. The predicted octanol–water partition coefficient (Wildman–Crippen LogP) is 2.65. The van der Waals surface area contributed by atoms with Crippen LogP contribution in [0.5, 0.6) is 17.2 Å². The van der Waals surface area contributed by atoms with Crippen molar-refractivity contribution in [2.75, 3.05) is 18.3 Å². The van der Waals surface area contributed by atoms with Crippen LogP contribution < -0.4 is 24.4 Å². The van der Waals surface area contributed by atoms with Gasteiger partial charge < -0.3 is 14.2 Å². The summed E-state index contributed by atoms with van der Waals surface area (Å²) < 4.78 is 16.4. The number of hydrogen-bond acceptors (Lipinski definition) is 6.